The van der Waals surface area contributed by atoms with Crippen molar-refractivity contribution in [2.24, 2.45) is 0 Å². The fourth-order valence-corrected chi connectivity index (χ4v) is 1.71. The molecule has 0 spiro atoms. The van der Waals surface area contributed by atoms with Gasteiger partial charge in [-0.1, -0.05) is 18.2 Å². The number of esters is 1. The summed E-state index contributed by atoms with van der Waals surface area (Å²) in [6.07, 6.45) is 5.28. The standard InChI is InChI=1S/C17H22O3/c1-5-17(4,12-6-7-13(2)3)20-16(19)14-8-10-15(18)11-9-14/h5,7-11,18H,1,6,12H2,2-4H3. The minimum Gasteiger partial charge on any atom is -0.508 e. The van der Waals surface area contributed by atoms with E-state index in [-0.39, 0.29) is 5.75 Å². The fraction of sp³-hybridized carbons (Fsp3) is 0.353. The summed E-state index contributed by atoms with van der Waals surface area (Å²) in [4.78, 5) is 12.1. The molecule has 0 saturated heterocycles. The molecule has 0 aromatic heterocycles. The van der Waals surface area contributed by atoms with Crippen LogP contribution in [0.3, 0.4) is 0 Å². The van der Waals surface area contributed by atoms with Gasteiger partial charge in [-0.3, -0.25) is 0 Å². The Morgan fingerprint density at radius 3 is 2.45 bits per heavy atom. The van der Waals surface area contributed by atoms with Crippen LogP contribution < -0.4 is 0 Å². The Morgan fingerprint density at radius 2 is 1.95 bits per heavy atom. The molecular formula is C17H22O3. The SMILES string of the molecule is C=CC(C)(CCC=C(C)C)OC(=O)c1ccc(O)cc1. The Morgan fingerprint density at radius 1 is 1.35 bits per heavy atom. The summed E-state index contributed by atoms with van der Waals surface area (Å²) in [5.41, 5.74) is 0.959. The lowest BCUT2D eigenvalue weighted by Gasteiger charge is -2.25. The number of phenolic OH excluding ortho intramolecular Hbond substituents is 1. The van der Waals surface area contributed by atoms with E-state index in [0.717, 1.165) is 6.42 Å². The number of phenols is 1. The fourth-order valence-electron chi connectivity index (χ4n) is 1.71. The number of carbonyl (C=O) groups excluding carboxylic acids is 1. The van der Waals surface area contributed by atoms with Crippen LogP contribution in [0.4, 0.5) is 0 Å². The summed E-state index contributed by atoms with van der Waals surface area (Å²) < 4.78 is 5.53. The van der Waals surface area contributed by atoms with Gasteiger partial charge in [-0.2, -0.15) is 0 Å². The molecule has 0 saturated carbocycles. The summed E-state index contributed by atoms with van der Waals surface area (Å²) in [5.74, 6) is -0.291. The van der Waals surface area contributed by atoms with Crippen LogP contribution in [0.2, 0.25) is 0 Å². The molecule has 0 heterocycles. The van der Waals surface area contributed by atoms with Crippen molar-refractivity contribution in [1.82, 2.24) is 0 Å². The molecule has 3 nitrogen and oxygen atoms in total. The third-order valence-corrected chi connectivity index (χ3v) is 3.05. The summed E-state index contributed by atoms with van der Waals surface area (Å²) in [5, 5.41) is 9.21. The third-order valence-electron chi connectivity index (χ3n) is 3.05. The van der Waals surface area contributed by atoms with E-state index >= 15 is 0 Å². The van der Waals surface area contributed by atoms with E-state index in [1.807, 2.05) is 20.8 Å². The molecule has 0 radical (unpaired) electrons. The highest BCUT2D eigenvalue weighted by molar-refractivity contribution is 5.89. The van der Waals surface area contributed by atoms with E-state index in [1.165, 1.54) is 29.8 Å². The van der Waals surface area contributed by atoms with Crippen LogP contribution in [0.1, 0.15) is 44.0 Å². The van der Waals surface area contributed by atoms with Crippen LogP contribution in [0, 0.1) is 0 Å². The average molecular weight is 274 g/mol. The van der Waals surface area contributed by atoms with Gasteiger partial charge in [0.25, 0.3) is 0 Å². The van der Waals surface area contributed by atoms with Gasteiger partial charge in [-0.05, 0) is 64.0 Å². The molecule has 0 aliphatic rings. The van der Waals surface area contributed by atoms with Crippen LogP contribution in [-0.2, 0) is 4.74 Å². The van der Waals surface area contributed by atoms with Crippen molar-refractivity contribution in [3.05, 3.63) is 54.1 Å². The highest BCUT2D eigenvalue weighted by Gasteiger charge is 2.25. The highest BCUT2D eigenvalue weighted by Crippen LogP contribution is 2.22. The second-order valence-corrected chi connectivity index (χ2v) is 5.27. The maximum atomic E-state index is 12.1. The van der Waals surface area contributed by atoms with E-state index in [1.54, 1.807) is 6.08 Å². The molecule has 0 fully saturated rings. The van der Waals surface area contributed by atoms with Gasteiger partial charge in [0.1, 0.15) is 11.4 Å². The van der Waals surface area contributed by atoms with E-state index in [0.29, 0.717) is 12.0 Å². The molecule has 1 aromatic carbocycles. The van der Waals surface area contributed by atoms with Gasteiger partial charge >= 0.3 is 5.97 Å². The van der Waals surface area contributed by atoms with Gasteiger partial charge in [0.2, 0.25) is 0 Å². The number of benzene rings is 1. The normalized spacial score (nSPS) is 13.2. The number of carbonyl (C=O) groups is 1. The zero-order valence-corrected chi connectivity index (χ0v) is 12.3. The molecule has 1 atom stereocenters. The number of hydrogen-bond acceptors (Lipinski definition) is 3. The van der Waals surface area contributed by atoms with Crippen LogP contribution >= 0.6 is 0 Å². The molecular weight excluding hydrogens is 252 g/mol. The van der Waals surface area contributed by atoms with E-state index < -0.39 is 11.6 Å². The molecule has 1 rings (SSSR count). The second kappa shape index (κ2) is 6.94. The summed E-state index contributed by atoms with van der Waals surface area (Å²) in [6.45, 7) is 9.67. The second-order valence-electron chi connectivity index (χ2n) is 5.27. The Bertz CT molecular complexity index is 495. The third kappa shape index (κ3) is 4.92. The van der Waals surface area contributed by atoms with Gasteiger partial charge < -0.3 is 9.84 Å². The summed E-state index contributed by atoms with van der Waals surface area (Å²) >= 11 is 0. The van der Waals surface area contributed by atoms with Crippen molar-refractivity contribution in [2.75, 3.05) is 0 Å². The lowest BCUT2D eigenvalue weighted by molar-refractivity contribution is 0.00835. The molecule has 0 bridgehead atoms. The van der Waals surface area contributed by atoms with Crippen molar-refractivity contribution >= 4 is 5.97 Å². The van der Waals surface area contributed by atoms with Crippen LogP contribution in [0.15, 0.2) is 48.6 Å². The van der Waals surface area contributed by atoms with E-state index in [2.05, 4.69) is 12.7 Å². The first-order chi connectivity index (χ1) is 9.36. The van der Waals surface area contributed by atoms with Crippen molar-refractivity contribution in [2.45, 2.75) is 39.2 Å². The van der Waals surface area contributed by atoms with Crippen LogP contribution in [-0.4, -0.2) is 16.7 Å². The maximum Gasteiger partial charge on any atom is 0.338 e. The minimum absolute atomic E-state index is 0.122. The molecule has 1 unspecified atom stereocenters. The lowest BCUT2D eigenvalue weighted by Crippen LogP contribution is -2.29. The predicted molar refractivity (Wildman–Crippen MR) is 80.8 cm³/mol. The molecule has 3 heteroatoms. The molecule has 108 valence electrons. The Labute approximate surface area is 120 Å². The van der Waals surface area contributed by atoms with E-state index in [4.69, 9.17) is 4.74 Å². The summed E-state index contributed by atoms with van der Waals surface area (Å²) in [7, 11) is 0. The number of hydrogen-bond donors (Lipinski definition) is 1. The first-order valence-electron chi connectivity index (χ1n) is 6.65. The van der Waals surface area contributed by atoms with Gasteiger partial charge in [0.05, 0.1) is 5.56 Å². The highest BCUT2D eigenvalue weighted by atomic mass is 16.6. The average Bonchev–Trinajstić information content (AvgIpc) is 2.39. The van der Waals surface area contributed by atoms with Crippen molar-refractivity contribution in [3.8, 4) is 5.75 Å². The van der Waals surface area contributed by atoms with Gasteiger partial charge in [-0.25, -0.2) is 4.79 Å². The largest absolute Gasteiger partial charge is 0.508 e. The molecule has 0 aliphatic carbocycles. The van der Waals surface area contributed by atoms with E-state index in [9.17, 15) is 9.90 Å². The predicted octanol–water partition coefficient (Wildman–Crippen LogP) is 4.24. The topological polar surface area (TPSA) is 46.5 Å². The van der Waals surface area contributed by atoms with Gasteiger partial charge in [-0.15, -0.1) is 0 Å². The first kappa shape index (κ1) is 16.0. The Hall–Kier alpha value is -2.03. The number of aromatic hydroxyl groups is 1. The smallest absolute Gasteiger partial charge is 0.338 e. The monoisotopic (exact) mass is 274 g/mol. The summed E-state index contributed by atoms with van der Waals surface area (Å²) in [6, 6.07) is 6.00. The molecule has 0 aliphatic heterocycles. The quantitative estimate of drug-likeness (QED) is 0.623. The number of ether oxygens (including phenoxy) is 1. The molecule has 1 N–H and O–H groups in total. The zero-order chi connectivity index (χ0) is 15.2. The molecule has 20 heavy (non-hydrogen) atoms. The van der Waals surface area contributed by atoms with Crippen molar-refractivity contribution in [3.63, 3.8) is 0 Å². The zero-order valence-electron chi connectivity index (χ0n) is 12.3. The minimum atomic E-state index is -0.694. The molecule has 1 aromatic rings. The number of allylic oxidation sites excluding steroid dienone is 2. The van der Waals surface area contributed by atoms with Gasteiger partial charge in [0.15, 0.2) is 0 Å². The molecule has 0 amide bonds. The first-order valence-corrected chi connectivity index (χ1v) is 6.65. The van der Waals surface area contributed by atoms with Crippen molar-refractivity contribution < 1.29 is 14.6 Å². The van der Waals surface area contributed by atoms with Crippen molar-refractivity contribution in [1.29, 1.82) is 0 Å². The lowest BCUT2D eigenvalue weighted by atomic mass is 9.99. The Balaban J connectivity index is 2.71. The van der Waals surface area contributed by atoms with Crippen LogP contribution in [0.25, 0.3) is 0 Å². The Kier molecular flexibility index (Phi) is 5.56. The number of rotatable bonds is 6. The maximum absolute atomic E-state index is 12.1. The van der Waals surface area contributed by atoms with Gasteiger partial charge in [0, 0.05) is 0 Å². The van der Waals surface area contributed by atoms with Crippen LogP contribution in [0.5, 0.6) is 5.75 Å².